The zero-order chi connectivity index (χ0) is 7.56. The first-order valence-corrected chi connectivity index (χ1v) is 3.82. The Labute approximate surface area is 63.1 Å². The standard InChI is InChI=1S/C7H8O2S/c1-5-2-6(4-10-5)3-7(8)9/h2,4H,3H2,1H3,(H,8,9). The van der Waals surface area contributed by atoms with Crippen molar-refractivity contribution in [1.29, 1.82) is 0 Å². The van der Waals surface area contributed by atoms with Crippen molar-refractivity contribution in [2.45, 2.75) is 13.3 Å². The van der Waals surface area contributed by atoms with E-state index in [1.54, 1.807) is 11.3 Å². The highest BCUT2D eigenvalue weighted by Gasteiger charge is 2.00. The fourth-order valence-electron chi connectivity index (χ4n) is 0.765. The smallest absolute Gasteiger partial charge is 0.307 e. The van der Waals surface area contributed by atoms with Gasteiger partial charge in [-0.05, 0) is 23.9 Å². The zero-order valence-corrected chi connectivity index (χ0v) is 6.44. The number of rotatable bonds is 2. The molecule has 0 amide bonds. The molecule has 3 heteroatoms. The molecule has 10 heavy (non-hydrogen) atoms. The highest BCUT2D eigenvalue weighted by atomic mass is 32.1. The van der Waals surface area contributed by atoms with E-state index in [9.17, 15) is 4.79 Å². The summed E-state index contributed by atoms with van der Waals surface area (Å²) in [6.07, 6.45) is 0.143. The molecule has 0 saturated heterocycles. The third kappa shape index (κ3) is 1.84. The Morgan fingerprint density at radius 1 is 1.80 bits per heavy atom. The van der Waals surface area contributed by atoms with E-state index in [-0.39, 0.29) is 6.42 Å². The predicted molar refractivity (Wildman–Crippen MR) is 40.4 cm³/mol. The molecule has 0 unspecified atom stereocenters. The molecule has 1 aromatic heterocycles. The molecule has 0 bridgehead atoms. The molecule has 1 heterocycles. The molecule has 0 radical (unpaired) electrons. The van der Waals surface area contributed by atoms with Gasteiger partial charge in [-0.15, -0.1) is 11.3 Å². The normalized spacial score (nSPS) is 9.70. The minimum atomic E-state index is -0.766. The molecule has 0 aromatic carbocycles. The molecule has 0 aliphatic carbocycles. The van der Waals surface area contributed by atoms with Crippen molar-refractivity contribution in [3.63, 3.8) is 0 Å². The molecule has 0 spiro atoms. The molecule has 0 fully saturated rings. The van der Waals surface area contributed by atoms with Crippen LogP contribution in [-0.4, -0.2) is 11.1 Å². The number of carboxylic acid groups (broad SMARTS) is 1. The summed E-state index contributed by atoms with van der Waals surface area (Å²) in [6.45, 7) is 1.97. The fourth-order valence-corrected chi connectivity index (χ4v) is 1.47. The van der Waals surface area contributed by atoms with Crippen LogP contribution in [0.4, 0.5) is 0 Å². The minimum Gasteiger partial charge on any atom is -0.481 e. The minimum absolute atomic E-state index is 0.143. The van der Waals surface area contributed by atoms with E-state index in [0.29, 0.717) is 0 Å². The van der Waals surface area contributed by atoms with Crippen LogP contribution in [0, 0.1) is 6.92 Å². The van der Waals surface area contributed by atoms with Gasteiger partial charge in [0, 0.05) is 4.88 Å². The maximum Gasteiger partial charge on any atom is 0.307 e. The molecular formula is C7H8O2S. The van der Waals surface area contributed by atoms with E-state index in [1.165, 1.54) is 0 Å². The Morgan fingerprint density at radius 3 is 2.90 bits per heavy atom. The first-order chi connectivity index (χ1) is 4.68. The van der Waals surface area contributed by atoms with Gasteiger partial charge in [-0.25, -0.2) is 0 Å². The molecule has 0 aliphatic heterocycles. The topological polar surface area (TPSA) is 37.3 Å². The van der Waals surface area contributed by atoms with Crippen molar-refractivity contribution < 1.29 is 9.90 Å². The summed E-state index contributed by atoms with van der Waals surface area (Å²) < 4.78 is 0. The van der Waals surface area contributed by atoms with Gasteiger partial charge < -0.3 is 5.11 Å². The van der Waals surface area contributed by atoms with Crippen LogP contribution in [0.2, 0.25) is 0 Å². The van der Waals surface area contributed by atoms with Gasteiger partial charge in [0.15, 0.2) is 0 Å². The largest absolute Gasteiger partial charge is 0.481 e. The summed E-state index contributed by atoms with van der Waals surface area (Å²) in [5, 5.41) is 10.3. The van der Waals surface area contributed by atoms with Crippen molar-refractivity contribution in [2.75, 3.05) is 0 Å². The molecule has 0 atom stereocenters. The first kappa shape index (κ1) is 7.28. The highest BCUT2D eigenvalue weighted by Crippen LogP contribution is 2.13. The summed E-state index contributed by atoms with van der Waals surface area (Å²) in [5.74, 6) is -0.766. The lowest BCUT2D eigenvalue weighted by Gasteiger charge is -1.86. The van der Waals surface area contributed by atoms with Crippen LogP contribution in [-0.2, 0) is 11.2 Å². The summed E-state index contributed by atoms with van der Waals surface area (Å²) in [7, 11) is 0. The van der Waals surface area contributed by atoms with E-state index in [1.807, 2.05) is 18.4 Å². The number of hydrogen-bond donors (Lipinski definition) is 1. The average molecular weight is 156 g/mol. The van der Waals surface area contributed by atoms with Crippen molar-refractivity contribution in [3.05, 3.63) is 21.9 Å². The van der Waals surface area contributed by atoms with Crippen LogP contribution in [0.15, 0.2) is 11.4 Å². The van der Waals surface area contributed by atoms with Crippen LogP contribution >= 0.6 is 11.3 Å². The molecule has 0 aliphatic rings. The van der Waals surface area contributed by atoms with Crippen molar-refractivity contribution >= 4 is 17.3 Å². The Balaban J connectivity index is 2.67. The van der Waals surface area contributed by atoms with Gasteiger partial charge >= 0.3 is 5.97 Å². The van der Waals surface area contributed by atoms with Crippen LogP contribution in [0.5, 0.6) is 0 Å². The maximum absolute atomic E-state index is 10.2. The molecular weight excluding hydrogens is 148 g/mol. The van der Waals surface area contributed by atoms with Gasteiger partial charge in [-0.1, -0.05) is 0 Å². The number of hydrogen-bond acceptors (Lipinski definition) is 2. The number of thiophene rings is 1. The highest BCUT2D eigenvalue weighted by molar-refractivity contribution is 7.10. The lowest BCUT2D eigenvalue weighted by Crippen LogP contribution is -1.97. The van der Waals surface area contributed by atoms with Gasteiger partial charge in [-0.3, -0.25) is 4.79 Å². The predicted octanol–water partition coefficient (Wildman–Crippen LogP) is 1.68. The fraction of sp³-hybridized carbons (Fsp3) is 0.286. The maximum atomic E-state index is 10.2. The average Bonchev–Trinajstić information content (AvgIpc) is 2.13. The summed E-state index contributed by atoms with van der Waals surface area (Å²) in [4.78, 5) is 11.3. The molecule has 1 N–H and O–H groups in total. The van der Waals surface area contributed by atoms with Crippen LogP contribution in [0.1, 0.15) is 10.4 Å². The van der Waals surface area contributed by atoms with Gasteiger partial charge in [0.05, 0.1) is 6.42 Å². The molecule has 54 valence electrons. The first-order valence-electron chi connectivity index (χ1n) is 2.94. The summed E-state index contributed by atoms with van der Waals surface area (Å²) in [6, 6.07) is 1.90. The second kappa shape index (κ2) is 2.84. The van der Waals surface area contributed by atoms with Crippen LogP contribution < -0.4 is 0 Å². The Kier molecular flexibility index (Phi) is 2.06. The number of aliphatic carboxylic acids is 1. The summed E-state index contributed by atoms with van der Waals surface area (Å²) in [5.41, 5.74) is 0.898. The van der Waals surface area contributed by atoms with E-state index in [4.69, 9.17) is 5.11 Å². The molecule has 1 aromatic rings. The lowest BCUT2D eigenvalue weighted by molar-refractivity contribution is -0.136. The number of carbonyl (C=O) groups is 1. The molecule has 2 nitrogen and oxygen atoms in total. The van der Waals surface area contributed by atoms with E-state index < -0.39 is 5.97 Å². The number of carboxylic acids is 1. The number of aryl methyl sites for hydroxylation is 1. The third-order valence-corrected chi connectivity index (χ3v) is 2.05. The Morgan fingerprint density at radius 2 is 2.50 bits per heavy atom. The SMILES string of the molecule is Cc1cc(CC(=O)O)cs1. The van der Waals surface area contributed by atoms with E-state index in [2.05, 4.69) is 0 Å². The summed E-state index contributed by atoms with van der Waals surface area (Å²) >= 11 is 1.58. The third-order valence-electron chi connectivity index (χ3n) is 1.14. The van der Waals surface area contributed by atoms with Gasteiger partial charge in [-0.2, -0.15) is 0 Å². The Hall–Kier alpha value is -0.830. The second-order valence-electron chi connectivity index (χ2n) is 2.14. The van der Waals surface area contributed by atoms with Gasteiger partial charge in [0.25, 0.3) is 0 Å². The van der Waals surface area contributed by atoms with E-state index >= 15 is 0 Å². The van der Waals surface area contributed by atoms with Crippen molar-refractivity contribution in [2.24, 2.45) is 0 Å². The van der Waals surface area contributed by atoms with Crippen molar-refractivity contribution in [1.82, 2.24) is 0 Å². The van der Waals surface area contributed by atoms with Gasteiger partial charge in [0.1, 0.15) is 0 Å². The van der Waals surface area contributed by atoms with Crippen molar-refractivity contribution in [3.8, 4) is 0 Å². The zero-order valence-electron chi connectivity index (χ0n) is 5.63. The van der Waals surface area contributed by atoms with E-state index in [0.717, 1.165) is 10.4 Å². The second-order valence-corrected chi connectivity index (χ2v) is 3.25. The van der Waals surface area contributed by atoms with Crippen LogP contribution in [0.25, 0.3) is 0 Å². The Bertz CT molecular complexity index is 240. The van der Waals surface area contributed by atoms with Gasteiger partial charge in [0.2, 0.25) is 0 Å². The van der Waals surface area contributed by atoms with Crippen LogP contribution in [0.3, 0.4) is 0 Å². The molecule has 1 rings (SSSR count). The molecule has 0 saturated carbocycles. The quantitative estimate of drug-likeness (QED) is 0.707. The lowest BCUT2D eigenvalue weighted by atomic mass is 10.2. The monoisotopic (exact) mass is 156 g/mol.